The predicted octanol–water partition coefficient (Wildman–Crippen LogP) is -0.0553. The van der Waals surface area contributed by atoms with Crippen LogP contribution in [0.3, 0.4) is 0 Å². The van der Waals surface area contributed by atoms with Crippen molar-refractivity contribution in [3.8, 4) is 0 Å². The highest BCUT2D eigenvalue weighted by molar-refractivity contribution is 5.91. The molecule has 1 spiro atoms. The summed E-state index contributed by atoms with van der Waals surface area (Å²) in [6, 6.07) is 1.66. The number of carbonyl (C=O) groups excluding carboxylic acids is 1. The van der Waals surface area contributed by atoms with Crippen LogP contribution in [0.4, 0.5) is 5.82 Å². The molecule has 2 fully saturated rings. The number of rotatable bonds is 2. The van der Waals surface area contributed by atoms with Gasteiger partial charge >= 0.3 is 0 Å². The quantitative estimate of drug-likeness (QED) is 0.775. The Morgan fingerprint density at radius 1 is 1.47 bits per heavy atom. The van der Waals surface area contributed by atoms with E-state index in [1.54, 1.807) is 6.07 Å². The molecular weight excluding hydrogens is 220 g/mol. The summed E-state index contributed by atoms with van der Waals surface area (Å²) >= 11 is 0. The smallest absolute Gasteiger partial charge is 0.267 e. The number of hydrogen-bond acceptors (Lipinski definition) is 5. The van der Waals surface area contributed by atoms with E-state index in [-0.39, 0.29) is 11.2 Å². The Bertz CT molecular complexity index is 459. The predicted molar refractivity (Wildman–Crippen MR) is 60.7 cm³/mol. The molecule has 2 saturated heterocycles. The number of anilines is 1. The first-order valence-corrected chi connectivity index (χ1v) is 5.69. The highest BCUT2D eigenvalue weighted by Crippen LogP contribution is 2.38. The topological polar surface area (TPSA) is 81.3 Å². The number of primary amides is 1. The Kier molecular flexibility index (Phi) is 2.25. The van der Waals surface area contributed by atoms with Gasteiger partial charge < -0.3 is 15.4 Å². The SMILES string of the molecule is NC(=O)c1cc(N2CCCC23COC3)ncn1. The molecule has 2 N–H and O–H groups in total. The molecule has 2 aliphatic heterocycles. The van der Waals surface area contributed by atoms with Crippen LogP contribution < -0.4 is 10.6 Å². The zero-order valence-electron chi connectivity index (χ0n) is 9.43. The minimum absolute atomic E-state index is 0.0866. The second-order valence-electron chi connectivity index (χ2n) is 4.60. The lowest BCUT2D eigenvalue weighted by atomic mass is 9.94. The van der Waals surface area contributed by atoms with Gasteiger partial charge in [-0.2, -0.15) is 0 Å². The molecule has 3 heterocycles. The van der Waals surface area contributed by atoms with E-state index >= 15 is 0 Å². The van der Waals surface area contributed by atoms with Crippen LogP contribution in [-0.4, -0.2) is 41.2 Å². The average molecular weight is 234 g/mol. The number of hydrogen-bond donors (Lipinski definition) is 1. The van der Waals surface area contributed by atoms with Crippen LogP contribution in [0, 0.1) is 0 Å². The molecule has 3 rings (SSSR count). The van der Waals surface area contributed by atoms with Crippen molar-refractivity contribution in [3.05, 3.63) is 18.1 Å². The molecular formula is C11H14N4O2. The van der Waals surface area contributed by atoms with Crippen molar-refractivity contribution in [2.75, 3.05) is 24.7 Å². The van der Waals surface area contributed by atoms with Gasteiger partial charge in [-0.3, -0.25) is 4.79 Å². The first-order valence-electron chi connectivity index (χ1n) is 5.69. The van der Waals surface area contributed by atoms with Crippen molar-refractivity contribution in [1.29, 1.82) is 0 Å². The lowest BCUT2D eigenvalue weighted by molar-refractivity contribution is -0.0507. The summed E-state index contributed by atoms with van der Waals surface area (Å²) in [7, 11) is 0. The van der Waals surface area contributed by atoms with Gasteiger partial charge in [-0.1, -0.05) is 0 Å². The van der Waals surface area contributed by atoms with Crippen molar-refractivity contribution < 1.29 is 9.53 Å². The molecule has 0 radical (unpaired) electrons. The Morgan fingerprint density at radius 3 is 2.94 bits per heavy atom. The summed E-state index contributed by atoms with van der Waals surface area (Å²) in [6.07, 6.45) is 3.63. The molecule has 1 amide bonds. The van der Waals surface area contributed by atoms with E-state index in [0.29, 0.717) is 0 Å². The van der Waals surface area contributed by atoms with E-state index < -0.39 is 5.91 Å². The minimum atomic E-state index is -0.522. The zero-order chi connectivity index (χ0) is 11.9. The lowest BCUT2D eigenvalue weighted by Crippen LogP contribution is -2.59. The highest BCUT2D eigenvalue weighted by atomic mass is 16.5. The van der Waals surface area contributed by atoms with Gasteiger partial charge in [0.2, 0.25) is 0 Å². The normalized spacial score (nSPS) is 21.5. The molecule has 0 aliphatic carbocycles. The summed E-state index contributed by atoms with van der Waals surface area (Å²) in [4.78, 5) is 21.4. The van der Waals surface area contributed by atoms with Gasteiger partial charge in [0.1, 0.15) is 17.8 Å². The van der Waals surface area contributed by atoms with E-state index in [9.17, 15) is 4.79 Å². The molecule has 6 nitrogen and oxygen atoms in total. The monoisotopic (exact) mass is 234 g/mol. The van der Waals surface area contributed by atoms with E-state index in [0.717, 1.165) is 38.4 Å². The molecule has 6 heteroatoms. The summed E-state index contributed by atoms with van der Waals surface area (Å²) in [6.45, 7) is 2.42. The maximum atomic E-state index is 11.1. The van der Waals surface area contributed by atoms with Gasteiger partial charge in [0, 0.05) is 12.6 Å². The first-order chi connectivity index (χ1) is 8.21. The number of amides is 1. The van der Waals surface area contributed by atoms with Crippen LogP contribution >= 0.6 is 0 Å². The Balaban J connectivity index is 1.93. The minimum Gasteiger partial charge on any atom is -0.376 e. The van der Waals surface area contributed by atoms with E-state index in [4.69, 9.17) is 10.5 Å². The first kappa shape index (κ1) is 10.5. The second kappa shape index (κ2) is 3.66. The molecule has 0 aromatic carbocycles. The van der Waals surface area contributed by atoms with Crippen molar-refractivity contribution in [2.45, 2.75) is 18.4 Å². The maximum absolute atomic E-state index is 11.1. The van der Waals surface area contributed by atoms with Gasteiger partial charge in [0.25, 0.3) is 5.91 Å². The molecule has 90 valence electrons. The highest BCUT2D eigenvalue weighted by Gasteiger charge is 2.47. The standard InChI is InChI=1S/C11H14N4O2/c12-10(16)8-4-9(14-7-13-8)15-3-1-2-11(15)5-17-6-11/h4,7H,1-3,5-6H2,(H2,12,16). The summed E-state index contributed by atoms with van der Waals surface area (Å²) in [5.74, 6) is 0.251. The molecule has 0 unspecified atom stereocenters. The maximum Gasteiger partial charge on any atom is 0.267 e. The fourth-order valence-corrected chi connectivity index (χ4v) is 2.56. The Morgan fingerprint density at radius 2 is 2.29 bits per heavy atom. The van der Waals surface area contributed by atoms with Crippen LogP contribution in [0.1, 0.15) is 23.3 Å². The van der Waals surface area contributed by atoms with Crippen LogP contribution in [0.25, 0.3) is 0 Å². The lowest BCUT2D eigenvalue weighted by Gasteiger charge is -2.45. The third-order valence-corrected chi connectivity index (χ3v) is 3.52. The van der Waals surface area contributed by atoms with Gasteiger partial charge in [-0.05, 0) is 12.8 Å². The molecule has 1 aromatic rings. The van der Waals surface area contributed by atoms with E-state index in [1.165, 1.54) is 6.33 Å². The van der Waals surface area contributed by atoms with E-state index in [1.807, 2.05) is 0 Å². The van der Waals surface area contributed by atoms with Gasteiger partial charge in [-0.25, -0.2) is 9.97 Å². The Hall–Kier alpha value is -1.69. The fourth-order valence-electron chi connectivity index (χ4n) is 2.56. The molecule has 0 bridgehead atoms. The van der Waals surface area contributed by atoms with Crippen LogP contribution in [0.2, 0.25) is 0 Å². The van der Waals surface area contributed by atoms with E-state index in [2.05, 4.69) is 14.9 Å². The number of nitrogens with zero attached hydrogens (tertiary/aromatic N) is 3. The molecule has 17 heavy (non-hydrogen) atoms. The van der Waals surface area contributed by atoms with Crippen molar-refractivity contribution in [3.63, 3.8) is 0 Å². The van der Waals surface area contributed by atoms with Crippen LogP contribution in [0.15, 0.2) is 12.4 Å². The van der Waals surface area contributed by atoms with Crippen LogP contribution in [-0.2, 0) is 4.74 Å². The van der Waals surface area contributed by atoms with Crippen molar-refractivity contribution >= 4 is 11.7 Å². The van der Waals surface area contributed by atoms with Gasteiger partial charge in [0.05, 0.1) is 18.8 Å². The largest absolute Gasteiger partial charge is 0.376 e. The second-order valence-corrected chi connectivity index (χ2v) is 4.60. The number of ether oxygens (including phenoxy) is 1. The number of carbonyl (C=O) groups is 1. The fraction of sp³-hybridized carbons (Fsp3) is 0.545. The third kappa shape index (κ3) is 1.56. The van der Waals surface area contributed by atoms with Crippen molar-refractivity contribution in [1.82, 2.24) is 9.97 Å². The number of nitrogens with two attached hydrogens (primary N) is 1. The zero-order valence-corrected chi connectivity index (χ0v) is 9.43. The molecule has 2 aliphatic rings. The molecule has 0 saturated carbocycles. The van der Waals surface area contributed by atoms with Crippen LogP contribution in [0.5, 0.6) is 0 Å². The number of aromatic nitrogens is 2. The summed E-state index contributed by atoms with van der Waals surface area (Å²) in [5.41, 5.74) is 5.57. The van der Waals surface area contributed by atoms with Crippen molar-refractivity contribution in [2.24, 2.45) is 5.73 Å². The Labute approximate surface area is 98.8 Å². The third-order valence-electron chi connectivity index (χ3n) is 3.52. The van der Waals surface area contributed by atoms with Gasteiger partial charge in [0.15, 0.2) is 0 Å². The summed E-state index contributed by atoms with van der Waals surface area (Å²) in [5, 5.41) is 0. The molecule has 1 aromatic heterocycles. The average Bonchev–Trinajstić information content (AvgIpc) is 2.73. The van der Waals surface area contributed by atoms with Gasteiger partial charge in [-0.15, -0.1) is 0 Å². The summed E-state index contributed by atoms with van der Waals surface area (Å²) < 4.78 is 5.31. The molecule has 0 atom stereocenters.